The Bertz CT molecular complexity index is 1200. The van der Waals surface area contributed by atoms with E-state index in [-0.39, 0.29) is 24.1 Å². The first-order valence-electron chi connectivity index (χ1n) is 9.89. The Morgan fingerprint density at radius 2 is 1.69 bits per heavy atom. The monoisotopic (exact) mass is 447 g/mol. The molecule has 3 aromatic rings. The van der Waals surface area contributed by atoms with Gasteiger partial charge in [0.05, 0.1) is 19.2 Å². The molecule has 1 aliphatic heterocycles. The number of methoxy groups -OCH3 is 1. The smallest absolute Gasteiger partial charge is 0.278 e. The molecule has 0 saturated heterocycles. The first-order chi connectivity index (χ1) is 15.5. The Labute approximate surface area is 189 Å². The minimum absolute atomic E-state index is 0.100. The summed E-state index contributed by atoms with van der Waals surface area (Å²) in [5.74, 6) is -0.325. The summed E-state index contributed by atoms with van der Waals surface area (Å²) >= 11 is 1.40. The number of thiophene rings is 1. The van der Waals surface area contributed by atoms with E-state index in [4.69, 9.17) is 4.74 Å². The van der Waals surface area contributed by atoms with Crippen molar-refractivity contribution in [3.8, 4) is 5.75 Å². The highest BCUT2D eigenvalue weighted by atomic mass is 32.1. The van der Waals surface area contributed by atoms with Gasteiger partial charge in [0.15, 0.2) is 0 Å². The van der Waals surface area contributed by atoms with Gasteiger partial charge in [0.1, 0.15) is 11.4 Å². The highest BCUT2D eigenvalue weighted by Crippen LogP contribution is 2.34. The second kappa shape index (κ2) is 9.07. The van der Waals surface area contributed by atoms with E-state index in [2.05, 4.69) is 10.6 Å². The van der Waals surface area contributed by atoms with Gasteiger partial charge < -0.3 is 15.4 Å². The molecule has 2 heterocycles. The van der Waals surface area contributed by atoms with Crippen molar-refractivity contribution in [1.82, 2.24) is 4.90 Å². The zero-order valence-corrected chi connectivity index (χ0v) is 18.4. The first kappa shape index (κ1) is 21.3. The van der Waals surface area contributed by atoms with Crippen molar-refractivity contribution < 1.29 is 19.1 Å². The number of imide groups is 1. The van der Waals surface area contributed by atoms with Gasteiger partial charge in [-0.1, -0.05) is 24.3 Å². The fraction of sp³-hybridized carbons (Fsp3) is 0.125. The molecule has 3 amide bonds. The highest BCUT2D eigenvalue weighted by Gasteiger charge is 2.40. The maximum atomic E-state index is 13.3. The van der Waals surface area contributed by atoms with Crippen LogP contribution >= 0.6 is 11.3 Å². The largest absolute Gasteiger partial charge is 0.496 e. The molecular weight excluding hydrogens is 426 g/mol. The van der Waals surface area contributed by atoms with Crippen LogP contribution in [0.25, 0.3) is 5.57 Å². The number of amides is 3. The molecule has 0 atom stereocenters. The molecule has 0 spiro atoms. The number of carbonyl (C=O) groups is 3. The Morgan fingerprint density at radius 1 is 0.969 bits per heavy atom. The number of carbonyl (C=O) groups excluding carboxylic acids is 3. The van der Waals surface area contributed by atoms with Gasteiger partial charge in [0.25, 0.3) is 11.8 Å². The number of nitrogens with zero attached hydrogens (tertiary/aromatic N) is 1. The number of hydrogen-bond acceptors (Lipinski definition) is 6. The fourth-order valence-corrected chi connectivity index (χ4v) is 4.24. The first-order valence-corrected chi connectivity index (χ1v) is 10.8. The van der Waals surface area contributed by atoms with Crippen molar-refractivity contribution in [1.29, 1.82) is 0 Å². The van der Waals surface area contributed by atoms with Gasteiger partial charge in [-0.05, 0) is 41.8 Å². The normalized spacial score (nSPS) is 13.5. The van der Waals surface area contributed by atoms with Crippen LogP contribution in [0.5, 0.6) is 5.75 Å². The highest BCUT2D eigenvalue weighted by molar-refractivity contribution is 7.11. The predicted octanol–water partition coefficient (Wildman–Crippen LogP) is 4.11. The third kappa shape index (κ3) is 4.26. The van der Waals surface area contributed by atoms with E-state index >= 15 is 0 Å². The van der Waals surface area contributed by atoms with E-state index in [1.54, 1.807) is 37.4 Å². The van der Waals surface area contributed by atoms with Crippen molar-refractivity contribution in [2.75, 3.05) is 17.7 Å². The van der Waals surface area contributed by atoms with E-state index in [0.717, 1.165) is 5.56 Å². The number of anilines is 2. The van der Waals surface area contributed by atoms with E-state index in [1.807, 2.05) is 35.7 Å². The number of hydrogen-bond donors (Lipinski definition) is 2. The minimum atomic E-state index is -0.407. The fourth-order valence-electron chi connectivity index (χ4n) is 3.47. The maximum absolute atomic E-state index is 13.3. The van der Waals surface area contributed by atoms with Crippen LogP contribution in [-0.4, -0.2) is 29.7 Å². The van der Waals surface area contributed by atoms with Crippen LogP contribution in [0.1, 0.15) is 17.4 Å². The summed E-state index contributed by atoms with van der Waals surface area (Å²) in [4.78, 5) is 39.8. The molecule has 4 rings (SSSR count). The van der Waals surface area contributed by atoms with Gasteiger partial charge in [-0.2, -0.15) is 0 Å². The zero-order chi connectivity index (χ0) is 22.7. The molecule has 2 aromatic carbocycles. The third-order valence-electron chi connectivity index (χ3n) is 4.93. The number of rotatable bonds is 7. The molecule has 0 aliphatic carbocycles. The molecule has 0 unspecified atom stereocenters. The molecule has 7 nitrogen and oxygen atoms in total. The van der Waals surface area contributed by atoms with Gasteiger partial charge >= 0.3 is 0 Å². The van der Waals surface area contributed by atoms with E-state index in [1.165, 1.54) is 23.2 Å². The van der Waals surface area contributed by atoms with Crippen LogP contribution in [0.3, 0.4) is 0 Å². The van der Waals surface area contributed by atoms with Crippen LogP contribution < -0.4 is 15.4 Å². The lowest BCUT2D eigenvalue weighted by Gasteiger charge is -2.17. The van der Waals surface area contributed by atoms with Gasteiger partial charge in [-0.3, -0.25) is 19.3 Å². The predicted molar refractivity (Wildman–Crippen MR) is 124 cm³/mol. The molecule has 1 aromatic heterocycles. The number of para-hydroxylation sites is 1. The average Bonchev–Trinajstić information content (AvgIpc) is 3.38. The minimum Gasteiger partial charge on any atom is -0.496 e. The average molecular weight is 448 g/mol. The lowest BCUT2D eigenvalue weighted by atomic mass is 10.1. The summed E-state index contributed by atoms with van der Waals surface area (Å²) in [7, 11) is 1.55. The second-order valence-electron chi connectivity index (χ2n) is 7.12. The SMILES string of the molecule is COc1ccccc1CN1C(=O)C(Nc2ccc(NC(C)=O)cc2)=C(c2cccs2)C1=O. The van der Waals surface area contributed by atoms with E-state index in [0.29, 0.717) is 27.6 Å². The van der Waals surface area contributed by atoms with Crippen LogP contribution in [0.2, 0.25) is 0 Å². The molecule has 1 aliphatic rings. The summed E-state index contributed by atoms with van der Waals surface area (Å²) in [6, 6.07) is 17.9. The molecule has 0 radical (unpaired) electrons. The van der Waals surface area contributed by atoms with Crippen LogP contribution in [0.4, 0.5) is 11.4 Å². The zero-order valence-electron chi connectivity index (χ0n) is 17.5. The summed E-state index contributed by atoms with van der Waals surface area (Å²) in [6.45, 7) is 1.53. The third-order valence-corrected chi connectivity index (χ3v) is 5.82. The summed E-state index contributed by atoms with van der Waals surface area (Å²) in [5, 5.41) is 7.68. The summed E-state index contributed by atoms with van der Waals surface area (Å²) in [5.41, 5.74) is 2.57. The molecule has 0 bridgehead atoms. The standard InChI is InChI=1S/C24H21N3O4S/c1-15(28)25-17-9-11-18(12-10-17)26-22-21(20-8-5-13-32-20)23(29)27(24(22)30)14-16-6-3-4-7-19(16)31-2/h3-13,26H,14H2,1-2H3,(H,25,28). The van der Waals surface area contributed by atoms with Crippen LogP contribution in [-0.2, 0) is 20.9 Å². The topological polar surface area (TPSA) is 87.7 Å². The molecule has 162 valence electrons. The van der Waals surface area contributed by atoms with E-state index < -0.39 is 5.91 Å². The van der Waals surface area contributed by atoms with Gasteiger partial charge in [0, 0.05) is 28.7 Å². The molecule has 2 N–H and O–H groups in total. The number of nitrogens with one attached hydrogen (secondary N) is 2. The van der Waals surface area contributed by atoms with Crippen molar-refractivity contribution in [3.63, 3.8) is 0 Å². The lowest BCUT2D eigenvalue weighted by molar-refractivity contribution is -0.137. The second-order valence-corrected chi connectivity index (χ2v) is 8.07. The molecule has 8 heteroatoms. The Kier molecular flexibility index (Phi) is 6.04. The summed E-state index contributed by atoms with van der Waals surface area (Å²) < 4.78 is 5.38. The molecule has 0 fully saturated rings. The van der Waals surface area contributed by atoms with Crippen molar-refractivity contribution >= 4 is 46.0 Å². The van der Waals surface area contributed by atoms with Gasteiger partial charge in [-0.15, -0.1) is 11.3 Å². The van der Waals surface area contributed by atoms with Crippen LogP contribution in [0, 0.1) is 0 Å². The van der Waals surface area contributed by atoms with Crippen molar-refractivity contribution in [3.05, 3.63) is 82.2 Å². The number of ether oxygens (including phenoxy) is 1. The maximum Gasteiger partial charge on any atom is 0.278 e. The lowest BCUT2D eigenvalue weighted by Crippen LogP contribution is -2.32. The Balaban J connectivity index is 1.65. The molecule has 0 saturated carbocycles. The number of benzene rings is 2. The Hall–Kier alpha value is -3.91. The van der Waals surface area contributed by atoms with Crippen LogP contribution in [0.15, 0.2) is 71.7 Å². The van der Waals surface area contributed by atoms with E-state index in [9.17, 15) is 14.4 Å². The molecular formula is C24H21N3O4S. The molecule has 32 heavy (non-hydrogen) atoms. The quantitative estimate of drug-likeness (QED) is 0.533. The van der Waals surface area contributed by atoms with Crippen molar-refractivity contribution in [2.24, 2.45) is 0 Å². The van der Waals surface area contributed by atoms with Crippen molar-refractivity contribution in [2.45, 2.75) is 13.5 Å². The van der Waals surface area contributed by atoms with Gasteiger partial charge in [0.2, 0.25) is 5.91 Å². The summed E-state index contributed by atoms with van der Waals surface area (Å²) in [6.07, 6.45) is 0. The Morgan fingerprint density at radius 3 is 2.34 bits per heavy atom. The van der Waals surface area contributed by atoms with Gasteiger partial charge in [-0.25, -0.2) is 0 Å².